The highest BCUT2D eigenvalue weighted by molar-refractivity contribution is 6.81. The van der Waals surface area contributed by atoms with Crippen molar-refractivity contribution >= 4 is 19.7 Å². The normalized spacial score (nSPS) is 13.3. The topological polar surface area (TPSA) is 70.8 Å². The van der Waals surface area contributed by atoms with Crippen LogP contribution in [0.4, 0.5) is 0 Å². The molecular formula is C17H27NO4Si. The minimum Gasteiger partial charge on any atom is -0.462 e. The molecule has 2 N–H and O–H groups in total. The second-order valence-electron chi connectivity index (χ2n) is 5.29. The molecular weight excluding hydrogens is 310 g/mol. The summed E-state index contributed by atoms with van der Waals surface area (Å²) in [6, 6.07) is 9.86. The van der Waals surface area contributed by atoms with E-state index in [0.717, 1.165) is 11.6 Å². The second kappa shape index (κ2) is 10.3. The monoisotopic (exact) mass is 337 g/mol. The Kier molecular flexibility index (Phi) is 8.79. The van der Waals surface area contributed by atoms with Crippen molar-refractivity contribution in [1.82, 2.24) is 0 Å². The molecule has 0 radical (unpaired) electrons. The highest BCUT2D eigenvalue weighted by Gasteiger charge is 2.38. The molecule has 23 heavy (non-hydrogen) atoms. The number of carbonyl (C=O) groups excluding carboxylic acids is 1. The maximum absolute atomic E-state index is 11.3. The average Bonchev–Trinajstić information content (AvgIpc) is 2.58. The van der Waals surface area contributed by atoms with Gasteiger partial charge >= 0.3 is 14.5 Å². The number of ether oxygens (including phenoxy) is 1. The van der Waals surface area contributed by atoms with Gasteiger partial charge in [-0.05, 0) is 18.5 Å². The molecule has 5 nitrogen and oxygen atoms in total. The molecule has 1 atom stereocenters. The highest BCUT2D eigenvalue weighted by atomic mass is 28.4. The summed E-state index contributed by atoms with van der Waals surface area (Å²) < 4.78 is 17.2. The molecule has 0 amide bonds. The summed E-state index contributed by atoms with van der Waals surface area (Å²) in [5.74, 6) is -0.377. The van der Waals surface area contributed by atoms with Gasteiger partial charge in [0.15, 0.2) is 0 Å². The van der Waals surface area contributed by atoms with Crippen LogP contribution >= 0.6 is 0 Å². The van der Waals surface area contributed by atoms with E-state index >= 15 is 0 Å². The van der Waals surface area contributed by atoms with Crippen LogP contribution in [0.3, 0.4) is 0 Å². The Hall–Kier alpha value is -1.47. The van der Waals surface area contributed by atoms with Gasteiger partial charge < -0.3 is 19.3 Å². The lowest BCUT2D eigenvalue weighted by Crippen LogP contribution is -2.60. The standard InChI is InChI=1S/C17H27NO4Si/c1-4-11-21-23(14-18,16-9-6-5-7-10-16)22-13-8-12-20-17(19)15(2)3/h5-7,9-10H,2,4,8,11-14,18H2,1,3H3. The number of carbonyl (C=O) groups is 1. The summed E-state index contributed by atoms with van der Waals surface area (Å²) >= 11 is 0. The number of esters is 1. The summed E-state index contributed by atoms with van der Waals surface area (Å²) in [5.41, 5.74) is 6.39. The summed E-state index contributed by atoms with van der Waals surface area (Å²) in [6.07, 6.45) is 1.85. The van der Waals surface area contributed by atoms with E-state index in [9.17, 15) is 4.79 Å². The predicted octanol–water partition coefficient (Wildman–Crippen LogP) is 1.79. The van der Waals surface area contributed by atoms with Gasteiger partial charge in [0, 0.05) is 31.4 Å². The maximum atomic E-state index is 11.3. The Labute approximate surface area is 139 Å². The first-order chi connectivity index (χ1) is 11.1. The highest BCUT2D eigenvalue weighted by Crippen LogP contribution is 2.09. The zero-order valence-corrected chi connectivity index (χ0v) is 15.0. The molecule has 1 rings (SSSR count). The fourth-order valence-electron chi connectivity index (χ4n) is 1.99. The third-order valence-electron chi connectivity index (χ3n) is 3.23. The molecule has 0 heterocycles. The van der Waals surface area contributed by atoms with Gasteiger partial charge in [0.25, 0.3) is 0 Å². The molecule has 0 aliphatic heterocycles. The van der Waals surface area contributed by atoms with Gasteiger partial charge in [0.2, 0.25) is 0 Å². The summed E-state index contributed by atoms with van der Waals surface area (Å²) in [6.45, 7) is 8.57. The Morgan fingerprint density at radius 3 is 2.39 bits per heavy atom. The van der Waals surface area contributed by atoms with E-state index in [1.165, 1.54) is 0 Å². The molecule has 0 aliphatic rings. The van der Waals surface area contributed by atoms with E-state index in [1.54, 1.807) is 6.92 Å². The SMILES string of the molecule is C=C(C)C(=O)OCCCO[Si](CN)(OCCC)c1ccccc1. The lowest BCUT2D eigenvalue weighted by atomic mass is 10.4. The summed E-state index contributed by atoms with van der Waals surface area (Å²) in [5, 5.41) is 1.02. The van der Waals surface area contributed by atoms with Crippen LogP contribution in [0.15, 0.2) is 42.5 Å². The summed E-state index contributed by atoms with van der Waals surface area (Å²) in [4.78, 5) is 11.3. The molecule has 0 bridgehead atoms. The van der Waals surface area contributed by atoms with Crippen LogP contribution in [0.2, 0.25) is 0 Å². The first kappa shape index (κ1) is 19.6. The molecule has 1 aromatic carbocycles. The molecule has 128 valence electrons. The Balaban J connectivity index is 2.60. The minimum absolute atomic E-state index is 0.295. The first-order valence-corrected chi connectivity index (χ1v) is 9.94. The van der Waals surface area contributed by atoms with Gasteiger partial charge in [0.05, 0.1) is 6.61 Å². The van der Waals surface area contributed by atoms with Gasteiger partial charge in [-0.1, -0.05) is 43.8 Å². The fourth-order valence-corrected chi connectivity index (χ4v) is 4.58. The van der Waals surface area contributed by atoms with E-state index in [4.69, 9.17) is 19.3 Å². The van der Waals surface area contributed by atoms with Crippen molar-refractivity contribution in [3.8, 4) is 0 Å². The predicted molar refractivity (Wildman–Crippen MR) is 93.5 cm³/mol. The molecule has 1 aromatic rings. The molecule has 0 fully saturated rings. The Morgan fingerprint density at radius 1 is 1.17 bits per heavy atom. The van der Waals surface area contributed by atoms with Crippen LogP contribution in [-0.2, 0) is 18.4 Å². The number of hydrogen-bond acceptors (Lipinski definition) is 5. The lowest BCUT2D eigenvalue weighted by Gasteiger charge is -2.29. The van der Waals surface area contributed by atoms with Gasteiger partial charge in [0.1, 0.15) is 0 Å². The van der Waals surface area contributed by atoms with Crippen molar-refractivity contribution in [3.63, 3.8) is 0 Å². The fraction of sp³-hybridized carbons (Fsp3) is 0.471. The van der Waals surface area contributed by atoms with Gasteiger partial charge in [-0.15, -0.1) is 0 Å². The minimum atomic E-state index is -2.65. The molecule has 0 aromatic heterocycles. The van der Waals surface area contributed by atoms with Gasteiger partial charge in [-0.25, -0.2) is 4.79 Å². The van der Waals surface area contributed by atoms with E-state index in [0.29, 0.717) is 38.0 Å². The third-order valence-corrected chi connectivity index (χ3v) is 6.32. The van der Waals surface area contributed by atoms with E-state index in [-0.39, 0.29) is 5.97 Å². The van der Waals surface area contributed by atoms with E-state index in [1.807, 2.05) is 30.3 Å². The number of hydrogen-bond donors (Lipinski definition) is 1. The zero-order valence-electron chi connectivity index (χ0n) is 14.0. The average molecular weight is 337 g/mol. The smallest absolute Gasteiger partial charge is 0.386 e. The van der Waals surface area contributed by atoms with Crippen LogP contribution in [0.1, 0.15) is 26.7 Å². The van der Waals surface area contributed by atoms with Gasteiger partial charge in [-0.3, -0.25) is 0 Å². The van der Waals surface area contributed by atoms with Crippen molar-refractivity contribution in [3.05, 3.63) is 42.5 Å². The number of benzene rings is 1. The molecule has 0 aliphatic carbocycles. The maximum Gasteiger partial charge on any atom is 0.386 e. The molecule has 0 spiro atoms. The number of rotatable bonds is 11. The molecule has 1 unspecified atom stereocenters. The van der Waals surface area contributed by atoms with Crippen LogP contribution in [-0.4, -0.2) is 40.5 Å². The van der Waals surface area contributed by atoms with Crippen molar-refractivity contribution < 1.29 is 18.4 Å². The van der Waals surface area contributed by atoms with Crippen molar-refractivity contribution in [2.45, 2.75) is 26.7 Å². The lowest BCUT2D eigenvalue weighted by molar-refractivity contribution is -0.139. The van der Waals surface area contributed by atoms with Crippen molar-refractivity contribution in [2.24, 2.45) is 5.73 Å². The quantitative estimate of drug-likeness (QED) is 0.288. The third kappa shape index (κ3) is 6.27. The largest absolute Gasteiger partial charge is 0.462 e. The van der Waals surface area contributed by atoms with Crippen molar-refractivity contribution in [1.29, 1.82) is 0 Å². The Bertz CT molecular complexity index is 495. The second-order valence-corrected chi connectivity index (χ2v) is 8.36. The van der Waals surface area contributed by atoms with Crippen LogP contribution in [0.25, 0.3) is 0 Å². The van der Waals surface area contributed by atoms with Crippen LogP contribution in [0, 0.1) is 0 Å². The van der Waals surface area contributed by atoms with Gasteiger partial charge in [-0.2, -0.15) is 0 Å². The van der Waals surface area contributed by atoms with Crippen molar-refractivity contribution in [2.75, 3.05) is 26.0 Å². The molecule has 6 heteroatoms. The first-order valence-electron chi connectivity index (χ1n) is 7.92. The molecule has 0 saturated carbocycles. The van der Waals surface area contributed by atoms with E-state index < -0.39 is 8.56 Å². The van der Waals surface area contributed by atoms with E-state index in [2.05, 4.69) is 13.5 Å². The van der Waals surface area contributed by atoms with Crippen LogP contribution < -0.4 is 10.9 Å². The molecule has 0 saturated heterocycles. The zero-order chi connectivity index (χ0) is 17.1. The summed E-state index contributed by atoms with van der Waals surface area (Å²) in [7, 11) is -2.65. The Morgan fingerprint density at radius 2 is 1.83 bits per heavy atom. The van der Waals surface area contributed by atoms with Crippen LogP contribution in [0.5, 0.6) is 0 Å². The number of nitrogens with two attached hydrogens (primary N) is 1.